The monoisotopic (exact) mass is 600 g/mol. The molecule has 0 aliphatic carbocycles. The Labute approximate surface area is 254 Å². The largest absolute Gasteiger partial charge is 0.494 e. The van der Waals surface area contributed by atoms with Gasteiger partial charge in [-0.05, 0) is 56.4 Å². The Morgan fingerprint density at radius 2 is 1.84 bits per heavy atom. The molecule has 2 bridgehead atoms. The number of ether oxygens (including phenoxy) is 3. The summed E-state index contributed by atoms with van der Waals surface area (Å²) in [5.41, 5.74) is -1.39. The van der Waals surface area contributed by atoms with Gasteiger partial charge in [0.05, 0.1) is 49.9 Å². The molecule has 4 heterocycles. The van der Waals surface area contributed by atoms with E-state index in [-0.39, 0.29) is 30.2 Å². The molecule has 11 heteroatoms. The minimum Gasteiger partial charge on any atom is -0.494 e. The average Bonchev–Trinajstić information content (AvgIpc) is 3.63. The smallest absolute Gasteiger partial charge is 0.245 e. The van der Waals surface area contributed by atoms with Crippen molar-refractivity contribution in [1.29, 1.82) is 0 Å². The fourth-order valence-electron chi connectivity index (χ4n) is 7.81. The lowest BCUT2D eigenvalue weighted by Crippen LogP contribution is -2.59. The molecule has 1 spiro atoms. The molecular weight excluding hydrogens is 552 g/mol. The minimum atomic E-state index is -1.14. The summed E-state index contributed by atoms with van der Waals surface area (Å²) >= 11 is 0. The number of aliphatic hydroxyl groups excluding tert-OH is 1. The van der Waals surface area contributed by atoms with E-state index in [1.807, 2.05) is 27.7 Å². The lowest BCUT2D eigenvalue weighted by atomic mass is 9.65. The van der Waals surface area contributed by atoms with Crippen LogP contribution in [0.2, 0.25) is 0 Å². The van der Waals surface area contributed by atoms with Crippen molar-refractivity contribution < 1.29 is 33.7 Å². The summed E-state index contributed by atoms with van der Waals surface area (Å²) in [5.74, 6) is -1.80. The number of fused-ring (bicyclic) bond motifs is 1. The Kier molecular flexibility index (Phi) is 9.65. The maximum absolute atomic E-state index is 14.5. The number of carbonyl (C=O) groups is 3. The molecule has 0 saturated carbocycles. The molecule has 0 radical (unpaired) electrons. The lowest BCUT2D eigenvalue weighted by molar-refractivity contribution is -0.151. The molecule has 4 aliphatic rings. The van der Waals surface area contributed by atoms with Gasteiger partial charge in [-0.25, -0.2) is 0 Å². The predicted molar refractivity (Wildman–Crippen MR) is 161 cm³/mol. The zero-order chi connectivity index (χ0) is 30.8. The third-order valence-electron chi connectivity index (χ3n) is 10.3. The third-order valence-corrected chi connectivity index (χ3v) is 10.3. The summed E-state index contributed by atoms with van der Waals surface area (Å²) in [6.45, 7) is 12.2. The minimum absolute atomic E-state index is 0.0544. The summed E-state index contributed by atoms with van der Waals surface area (Å²) in [6.07, 6.45) is 2.34. The zero-order valence-electron chi connectivity index (χ0n) is 26.0. The summed E-state index contributed by atoms with van der Waals surface area (Å²) < 4.78 is 17.8. The number of morpholine rings is 1. The van der Waals surface area contributed by atoms with Crippen LogP contribution in [-0.2, 0) is 23.9 Å². The van der Waals surface area contributed by atoms with E-state index in [9.17, 15) is 19.5 Å². The van der Waals surface area contributed by atoms with Gasteiger partial charge in [0, 0.05) is 31.9 Å². The first kappa shape index (κ1) is 31.7. The van der Waals surface area contributed by atoms with Crippen molar-refractivity contribution in [2.24, 2.45) is 17.8 Å². The molecule has 3 N–H and O–H groups in total. The van der Waals surface area contributed by atoms with Crippen molar-refractivity contribution in [3.63, 3.8) is 0 Å². The first-order valence-corrected chi connectivity index (χ1v) is 16.0. The summed E-state index contributed by atoms with van der Waals surface area (Å²) in [6, 6.07) is 5.66. The fraction of sp³-hybridized carbons (Fsp3) is 0.719. The molecule has 1 aromatic carbocycles. The van der Waals surface area contributed by atoms with Crippen LogP contribution in [-0.4, -0.2) is 109 Å². The Morgan fingerprint density at radius 1 is 1.12 bits per heavy atom. The van der Waals surface area contributed by atoms with Gasteiger partial charge in [-0.15, -0.1) is 0 Å². The average molecular weight is 601 g/mol. The van der Waals surface area contributed by atoms with Gasteiger partial charge in [0.25, 0.3) is 0 Å². The highest BCUT2D eigenvalue weighted by atomic mass is 16.5. The van der Waals surface area contributed by atoms with Crippen molar-refractivity contribution in [2.45, 2.75) is 76.7 Å². The molecule has 11 nitrogen and oxygen atoms in total. The second-order valence-corrected chi connectivity index (χ2v) is 12.4. The number of amides is 3. The highest BCUT2D eigenvalue weighted by Gasteiger charge is 2.79. The van der Waals surface area contributed by atoms with Gasteiger partial charge in [0.1, 0.15) is 17.4 Å². The molecule has 3 amide bonds. The summed E-state index contributed by atoms with van der Waals surface area (Å²) in [5, 5.41) is 16.6. The van der Waals surface area contributed by atoms with Crippen LogP contribution in [0.4, 0.5) is 5.69 Å². The first-order valence-electron chi connectivity index (χ1n) is 16.0. The molecule has 43 heavy (non-hydrogen) atoms. The summed E-state index contributed by atoms with van der Waals surface area (Å²) in [7, 11) is 0. The number of carbonyl (C=O) groups excluding carboxylic acids is 3. The van der Waals surface area contributed by atoms with Crippen molar-refractivity contribution in [3.05, 3.63) is 24.3 Å². The fourth-order valence-corrected chi connectivity index (χ4v) is 7.81. The zero-order valence-corrected chi connectivity index (χ0v) is 26.0. The van der Waals surface area contributed by atoms with E-state index in [1.165, 1.54) is 0 Å². The van der Waals surface area contributed by atoms with Crippen LogP contribution in [0.3, 0.4) is 0 Å². The van der Waals surface area contributed by atoms with Crippen molar-refractivity contribution in [3.8, 4) is 5.75 Å². The standard InChI is InChI=1S/C32H48N4O7/c1-5-21(4)24(20-37)36-27(29(39)33-14-15-35-16-18-41-19-17-35)32-13-12-31(6-2,43-32)25(26(32)30(36)40)28(38)34-22-8-10-23(11-9-22)42-7-3/h8-11,21,24-27,37H,5-7,12-20H2,1-4H3,(H,33,39)(H,34,38)/t21-,24-,25+,26-,27?,31-,32?/m0/s1. The maximum Gasteiger partial charge on any atom is 0.245 e. The van der Waals surface area contributed by atoms with Gasteiger partial charge in [0.15, 0.2) is 0 Å². The molecule has 5 rings (SSSR count). The van der Waals surface area contributed by atoms with Crippen LogP contribution >= 0.6 is 0 Å². The van der Waals surface area contributed by atoms with E-state index < -0.39 is 35.1 Å². The van der Waals surface area contributed by atoms with Gasteiger partial charge in [-0.1, -0.05) is 27.2 Å². The van der Waals surface area contributed by atoms with Gasteiger partial charge in [0.2, 0.25) is 17.7 Å². The Bertz CT molecular complexity index is 1160. The SMILES string of the molecule is CCOc1ccc(NC(=O)[C@H]2[C@H]3C(=O)N([C@@H](CO)[C@@H](C)CC)C(C(=O)NCCN4CCOCC4)C34CC[C@]2(CC)O4)cc1. The number of hydrogen-bond acceptors (Lipinski definition) is 8. The first-order chi connectivity index (χ1) is 20.7. The quantitative estimate of drug-likeness (QED) is 0.314. The van der Waals surface area contributed by atoms with Gasteiger partial charge >= 0.3 is 0 Å². The van der Waals surface area contributed by atoms with E-state index in [1.54, 1.807) is 29.2 Å². The Morgan fingerprint density at radius 3 is 2.47 bits per heavy atom. The number of hydrogen-bond donors (Lipinski definition) is 3. The van der Waals surface area contributed by atoms with Crippen LogP contribution in [0.1, 0.15) is 53.4 Å². The molecule has 7 atom stereocenters. The van der Waals surface area contributed by atoms with Crippen LogP contribution < -0.4 is 15.4 Å². The van der Waals surface area contributed by atoms with Crippen LogP contribution in [0.25, 0.3) is 0 Å². The highest BCUT2D eigenvalue weighted by molar-refractivity contribution is 6.02. The Hall–Kier alpha value is -2.73. The molecule has 4 fully saturated rings. The number of nitrogens with one attached hydrogen (secondary N) is 2. The van der Waals surface area contributed by atoms with E-state index in [4.69, 9.17) is 14.2 Å². The van der Waals surface area contributed by atoms with Crippen LogP contribution in [0.5, 0.6) is 5.75 Å². The van der Waals surface area contributed by atoms with Crippen LogP contribution in [0.15, 0.2) is 24.3 Å². The normalized spacial score (nSPS) is 31.5. The predicted octanol–water partition coefficient (Wildman–Crippen LogP) is 2.03. The molecule has 4 saturated heterocycles. The molecule has 2 unspecified atom stereocenters. The summed E-state index contributed by atoms with van der Waals surface area (Å²) in [4.78, 5) is 46.5. The second kappa shape index (κ2) is 13.1. The van der Waals surface area contributed by atoms with Crippen molar-refractivity contribution in [2.75, 3.05) is 57.9 Å². The molecule has 238 valence electrons. The van der Waals surface area contributed by atoms with Crippen molar-refractivity contribution in [1.82, 2.24) is 15.1 Å². The Balaban J connectivity index is 1.44. The van der Waals surface area contributed by atoms with E-state index in [0.29, 0.717) is 63.6 Å². The molecular formula is C32H48N4O7. The molecule has 0 aromatic heterocycles. The van der Waals surface area contributed by atoms with Gasteiger partial charge < -0.3 is 34.9 Å². The molecule has 1 aromatic rings. The highest BCUT2D eigenvalue weighted by Crippen LogP contribution is 2.64. The maximum atomic E-state index is 14.5. The lowest BCUT2D eigenvalue weighted by Gasteiger charge is -2.39. The van der Waals surface area contributed by atoms with Gasteiger partial charge in [-0.2, -0.15) is 0 Å². The number of benzene rings is 1. The van der Waals surface area contributed by atoms with Crippen molar-refractivity contribution >= 4 is 23.4 Å². The number of aliphatic hydroxyl groups is 1. The van der Waals surface area contributed by atoms with E-state index in [0.717, 1.165) is 19.5 Å². The number of rotatable bonds is 13. The third kappa shape index (κ3) is 5.65. The van der Waals surface area contributed by atoms with E-state index in [2.05, 4.69) is 15.5 Å². The number of likely N-dealkylation sites (tertiary alicyclic amines) is 1. The number of nitrogens with zero attached hydrogens (tertiary/aromatic N) is 2. The van der Waals surface area contributed by atoms with Crippen LogP contribution in [0, 0.1) is 17.8 Å². The molecule has 4 aliphatic heterocycles. The van der Waals surface area contributed by atoms with E-state index >= 15 is 0 Å². The topological polar surface area (TPSA) is 130 Å². The van der Waals surface area contributed by atoms with Gasteiger partial charge in [-0.3, -0.25) is 19.3 Å². The number of anilines is 1. The second-order valence-electron chi connectivity index (χ2n) is 12.4.